The summed E-state index contributed by atoms with van der Waals surface area (Å²) in [5.41, 5.74) is 0.665. The number of nitrogens with zero attached hydrogens (tertiary/aromatic N) is 1. The smallest absolute Gasteiger partial charge is 0.254 e. The number of hydrogen-bond acceptors (Lipinski definition) is 4. The van der Waals surface area contributed by atoms with E-state index in [1.54, 1.807) is 0 Å². The van der Waals surface area contributed by atoms with E-state index in [1.807, 2.05) is 37.1 Å². The van der Waals surface area contributed by atoms with Crippen LogP contribution >= 0.6 is 12.4 Å². The van der Waals surface area contributed by atoms with E-state index in [0.29, 0.717) is 36.3 Å². The zero-order chi connectivity index (χ0) is 17.4. The van der Waals surface area contributed by atoms with Gasteiger partial charge in [-0.2, -0.15) is 0 Å². The number of benzene rings is 1. The minimum absolute atomic E-state index is 0. The van der Waals surface area contributed by atoms with Gasteiger partial charge in [0, 0.05) is 24.7 Å². The Bertz CT molecular complexity index is 539. The summed E-state index contributed by atoms with van der Waals surface area (Å²) in [4.78, 5) is 14.7. The second kappa shape index (κ2) is 11.2. The highest BCUT2D eigenvalue weighted by Crippen LogP contribution is 2.29. The van der Waals surface area contributed by atoms with Gasteiger partial charge in [-0.3, -0.25) is 4.79 Å². The summed E-state index contributed by atoms with van der Waals surface area (Å²) in [6.07, 6.45) is 4.25. The second-order valence-corrected chi connectivity index (χ2v) is 6.18. The minimum atomic E-state index is 0. The number of carbonyl (C=O) groups is 1. The number of nitrogens with one attached hydrogen (secondary N) is 1. The molecule has 0 bridgehead atoms. The van der Waals surface area contributed by atoms with E-state index in [9.17, 15) is 4.79 Å². The van der Waals surface area contributed by atoms with Crippen molar-refractivity contribution >= 4 is 18.3 Å². The molecule has 0 aromatic heterocycles. The molecule has 0 saturated carbocycles. The van der Waals surface area contributed by atoms with Crippen molar-refractivity contribution in [3.8, 4) is 11.5 Å². The number of ether oxygens (including phenoxy) is 2. The molecular formula is C19H31ClN2O3. The van der Waals surface area contributed by atoms with E-state index in [1.165, 1.54) is 0 Å². The molecule has 1 aliphatic heterocycles. The monoisotopic (exact) mass is 370 g/mol. The first-order chi connectivity index (χ1) is 11.7. The number of likely N-dealkylation sites (N-methyl/N-ethyl adjacent to an activating group) is 1. The Morgan fingerprint density at radius 1 is 1.28 bits per heavy atom. The van der Waals surface area contributed by atoms with Crippen LogP contribution in [0.1, 0.15) is 49.9 Å². The van der Waals surface area contributed by atoms with E-state index in [0.717, 1.165) is 38.8 Å². The molecule has 2 rings (SSSR count). The first-order valence-electron chi connectivity index (χ1n) is 9.05. The molecule has 0 radical (unpaired) electrons. The van der Waals surface area contributed by atoms with Crippen molar-refractivity contribution in [2.45, 2.75) is 45.6 Å². The van der Waals surface area contributed by atoms with Gasteiger partial charge in [0.2, 0.25) is 0 Å². The van der Waals surface area contributed by atoms with Gasteiger partial charge >= 0.3 is 0 Å². The molecule has 1 saturated heterocycles. The Morgan fingerprint density at radius 2 is 2.08 bits per heavy atom. The molecular weight excluding hydrogens is 340 g/mol. The summed E-state index contributed by atoms with van der Waals surface area (Å²) in [6, 6.07) is 5.89. The van der Waals surface area contributed by atoms with Crippen molar-refractivity contribution in [2.75, 3.05) is 33.4 Å². The molecule has 0 spiro atoms. The highest BCUT2D eigenvalue weighted by atomic mass is 35.5. The standard InChI is InChI=1S/C19H30N2O3.ClH/c1-4-6-12-24-17-10-9-15(13-18(17)23-5-2)19(22)21-11-7-8-16(14-21)20-3;/h9-10,13,16,20H,4-8,11-12,14H2,1-3H3;1H. The Morgan fingerprint density at radius 3 is 2.76 bits per heavy atom. The predicted octanol–water partition coefficient (Wildman–Crippen LogP) is 3.51. The average molecular weight is 371 g/mol. The fourth-order valence-electron chi connectivity index (χ4n) is 2.93. The molecule has 1 unspecified atom stereocenters. The zero-order valence-corrected chi connectivity index (χ0v) is 16.4. The predicted molar refractivity (Wildman–Crippen MR) is 103 cm³/mol. The first kappa shape index (κ1) is 21.6. The third-order valence-electron chi connectivity index (χ3n) is 4.36. The highest BCUT2D eigenvalue weighted by molar-refractivity contribution is 5.95. The SMILES string of the molecule is CCCCOc1ccc(C(=O)N2CCCC(NC)C2)cc1OCC.Cl. The van der Waals surface area contributed by atoms with Gasteiger partial charge in [-0.15, -0.1) is 12.4 Å². The van der Waals surface area contributed by atoms with Crippen molar-refractivity contribution in [1.29, 1.82) is 0 Å². The van der Waals surface area contributed by atoms with E-state index in [-0.39, 0.29) is 18.3 Å². The van der Waals surface area contributed by atoms with Crippen LogP contribution < -0.4 is 14.8 Å². The van der Waals surface area contributed by atoms with Crippen molar-refractivity contribution in [3.05, 3.63) is 23.8 Å². The Hall–Kier alpha value is -1.46. The quantitative estimate of drug-likeness (QED) is 0.711. The third kappa shape index (κ3) is 6.08. The molecule has 1 amide bonds. The molecule has 1 N–H and O–H groups in total. The van der Waals surface area contributed by atoms with Crippen molar-refractivity contribution < 1.29 is 14.3 Å². The fourth-order valence-corrected chi connectivity index (χ4v) is 2.93. The van der Waals surface area contributed by atoms with Gasteiger partial charge in [0.05, 0.1) is 13.2 Å². The van der Waals surface area contributed by atoms with Gasteiger partial charge in [-0.25, -0.2) is 0 Å². The van der Waals surface area contributed by atoms with Crippen molar-refractivity contribution in [2.24, 2.45) is 0 Å². The van der Waals surface area contributed by atoms with Gasteiger partial charge in [-0.05, 0) is 51.4 Å². The van der Waals surface area contributed by atoms with Crippen LogP contribution in [-0.2, 0) is 0 Å². The number of halogens is 1. The second-order valence-electron chi connectivity index (χ2n) is 6.18. The molecule has 1 heterocycles. The van der Waals surface area contributed by atoms with Crippen LogP contribution in [0.5, 0.6) is 11.5 Å². The maximum absolute atomic E-state index is 12.8. The Labute approximate surface area is 157 Å². The number of carbonyl (C=O) groups excluding carboxylic acids is 1. The Kier molecular flexibility index (Phi) is 9.68. The molecule has 6 heteroatoms. The van der Waals surface area contributed by atoms with Crippen LogP contribution in [0.4, 0.5) is 0 Å². The van der Waals surface area contributed by atoms with Crippen molar-refractivity contribution in [1.82, 2.24) is 10.2 Å². The zero-order valence-electron chi connectivity index (χ0n) is 15.5. The minimum Gasteiger partial charge on any atom is -0.490 e. The topological polar surface area (TPSA) is 50.8 Å². The summed E-state index contributed by atoms with van der Waals surface area (Å²) < 4.78 is 11.5. The molecule has 1 fully saturated rings. The normalized spacial score (nSPS) is 16.9. The molecule has 1 atom stereocenters. The van der Waals surface area contributed by atoms with Crippen LogP contribution in [0.2, 0.25) is 0 Å². The molecule has 1 aliphatic rings. The number of likely N-dealkylation sites (tertiary alicyclic amines) is 1. The molecule has 142 valence electrons. The van der Waals surface area contributed by atoms with Crippen LogP contribution in [0.3, 0.4) is 0 Å². The summed E-state index contributed by atoms with van der Waals surface area (Å²) in [7, 11) is 1.95. The van der Waals surface area contributed by atoms with Crippen LogP contribution in [-0.4, -0.2) is 50.2 Å². The van der Waals surface area contributed by atoms with Crippen LogP contribution in [0.15, 0.2) is 18.2 Å². The lowest BCUT2D eigenvalue weighted by Gasteiger charge is -2.32. The summed E-state index contributed by atoms with van der Waals surface area (Å²) in [5.74, 6) is 1.44. The first-order valence-corrected chi connectivity index (χ1v) is 9.05. The molecule has 1 aromatic carbocycles. The average Bonchev–Trinajstić information content (AvgIpc) is 2.62. The lowest BCUT2D eigenvalue weighted by molar-refractivity contribution is 0.0697. The van der Waals surface area contributed by atoms with Crippen LogP contribution in [0, 0.1) is 0 Å². The summed E-state index contributed by atoms with van der Waals surface area (Å²) in [6.45, 7) is 6.86. The number of piperidine rings is 1. The third-order valence-corrected chi connectivity index (χ3v) is 4.36. The fraction of sp³-hybridized carbons (Fsp3) is 0.632. The number of amides is 1. The van der Waals surface area contributed by atoms with E-state index >= 15 is 0 Å². The highest BCUT2D eigenvalue weighted by Gasteiger charge is 2.24. The van der Waals surface area contributed by atoms with Gasteiger partial charge in [0.25, 0.3) is 5.91 Å². The summed E-state index contributed by atoms with van der Waals surface area (Å²) >= 11 is 0. The lowest BCUT2D eigenvalue weighted by atomic mass is 10.0. The largest absolute Gasteiger partial charge is 0.490 e. The van der Waals surface area contributed by atoms with E-state index < -0.39 is 0 Å². The number of rotatable bonds is 8. The van der Waals surface area contributed by atoms with Crippen LogP contribution in [0.25, 0.3) is 0 Å². The van der Waals surface area contributed by atoms with E-state index in [4.69, 9.17) is 9.47 Å². The maximum Gasteiger partial charge on any atom is 0.254 e. The maximum atomic E-state index is 12.8. The Balaban J connectivity index is 0.00000312. The number of hydrogen-bond donors (Lipinski definition) is 1. The summed E-state index contributed by atoms with van der Waals surface area (Å²) in [5, 5.41) is 3.27. The van der Waals surface area contributed by atoms with Crippen molar-refractivity contribution in [3.63, 3.8) is 0 Å². The van der Waals surface area contributed by atoms with Gasteiger partial charge < -0.3 is 19.7 Å². The molecule has 25 heavy (non-hydrogen) atoms. The van der Waals surface area contributed by atoms with Gasteiger partial charge in [0.1, 0.15) is 0 Å². The van der Waals surface area contributed by atoms with Gasteiger partial charge in [0.15, 0.2) is 11.5 Å². The lowest BCUT2D eigenvalue weighted by Crippen LogP contribution is -2.46. The molecule has 5 nitrogen and oxygen atoms in total. The van der Waals surface area contributed by atoms with E-state index in [2.05, 4.69) is 12.2 Å². The number of unbranched alkanes of at least 4 members (excludes halogenated alkanes) is 1. The van der Waals surface area contributed by atoms with Gasteiger partial charge in [-0.1, -0.05) is 13.3 Å². The molecule has 1 aromatic rings. The molecule has 0 aliphatic carbocycles.